The molecule has 25 heavy (non-hydrogen) atoms. The normalized spacial score (nSPS) is 20.5. The molecule has 2 N–H and O–H groups in total. The minimum absolute atomic E-state index is 0.127. The number of pyridine rings is 1. The van der Waals surface area contributed by atoms with Gasteiger partial charge in [0.15, 0.2) is 0 Å². The van der Waals surface area contributed by atoms with Crippen molar-refractivity contribution in [1.82, 2.24) is 14.5 Å². The van der Waals surface area contributed by atoms with Crippen LogP contribution in [0, 0.1) is 17.1 Å². The minimum atomic E-state index is -0.312. The predicted molar refractivity (Wildman–Crippen MR) is 93.1 cm³/mol. The van der Waals surface area contributed by atoms with Crippen LogP contribution in [0.2, 0.25) is 0 Å². The second-order valence-electron chi connectivity index (χ2n) is 6.54. The number of fused-ring (bicyclic) bond motifs is 1. The first-order valence-corrected chi connectivity index (χ1v) is 8.46. The second-order valence-corrected chi connectivity index (χ2v) is 6.54. The number of hydrogen-bond acceptors (Lipinski definition) is 4. The van der Waals surface area contributed by atoms with Crippen molar-refractivity contribution in [3.63, 3.8) is 0 Å². The molecule has 1 aliphatic rings. The molecule has 5 nitrogen and oxygen atoms in total. The van der Waals surface area contributed by atoms with Gasteiger partial charge in [-0.25, -0.2) is 14.4 Å². The standard InChI is InChI=1S/C19H18FN5/c20-16-7-2-1-6-15(16)19-24-17-11-23-13(10-21)9-18(17)25(19)14-5-3-4-12(22)8-14/h1-2,6-7,9,11-12,14H,3-5,8,22H2/t12-,14+/m0/s1. The Labute approximate surface area is 144 Å². The molecule has 2 atom stereocenters. The summed E-state index contributed by atoms with van der Waals surface area (Å²) in [6.45, 7) is 0. The zero-order valence-electron chi connectivity index (χ0n) is 13.7. The third-order valence-corrected chi connectivity index (χ3v) is 4.86. The van der Waals surface area contributed by atoms with Crippen LogP contribution in [0.25, 0.3) is 22.4 Å². The number of imidazole rings is 1. The molecule has 2 aromatic heterocycles. The van der Waals surface area contributed by atoms with Crippen LogP contribution in [-0.4, -0.2) is 20.6 Å². The van der Waals surface area contributed by atoms with Crippen LogP contribution in [0.5, 0.6) is 0 Å². The van der Waals surface area contributed by atoms with Gasteiger partial charge in [0.05, 0.1) is 17.3 Å². The van der Waals surface area contributed by atoms with Crippen molar-refractivity contribution in [2.24, 2.45) is 5.73 Å². The lowest BCUT2D eigenvalue weighted by Crippen LogP contribution is -2.29. The van der Waals surface area contributed by atoms with E-state index >= 15 is 0 Å². The minimum Gasteiger partial charge on any atom is -0.328 e. The van der Waals surface area contributed by atoms with Gasteiger partial charge in [0.25, 0.3) is 0 Å². The average Bonchev–Trinajstić information content (AvgIpc) is 3.00. The zero-order valence-corrected chi connectivity index (χ0v) is 13.7. The Bertz CT molecular complexity index is 972. The van der Waals surface area contributed by atoms with Crippen LogP contribution < -0.4 is 5.73 Å². The first-order chi connectivity index (χ1) is 12.2. The van der Waals surface area contributed by atoms with Crippen LogP contribution in [-0.2, 0) is 0 Å². The Kier molecular flexibility index (Phi) is 3.94. The molecule has 0 bridgehead atoms. The van der Waals surface area contributed by atoms with Crippen LogP contribution in [0.4, 0.5) is 4.39 Å². The molecule has 2 heterocycles. The molecule has 3 aromatic rings. The molecular formula is C19H18FN5. The van der Waals surface area contributed by atoms with Crippen molar-refractivity contribution in [3.8, 4) is 17.5 Å². The van der Waals surface area contributed by atoms with Crippen molar-refractivity contribution in [2.75, 3.05) is 0 Å². The van der Waals surface area contributed by atoms with E-state index in [4.69, 9.17) is 5.73 Å². The molecular weight excluding hydrogens is 317 g/mol. The first kappa shape index (κ1) is 15.7. The number of halogens is 1. The molecule has 6 heteroatoms. The number of nitrogens with zero attached hydrogens (tertiary/aromatic N) is 4. The summed E-state index contributed by atoms with van der Waals surface area (Å²) in [6, 6.07) is 10.7. The largest absolute Gasteiger partial charge is 0.328 e. The molecule has 0 saturated heterocycles. The quantitative estimate of drug-likeness (QED) is 0.776. The molecule has 0 radical (unpaired) electrons. The summed E-state index contributed by atoms with van der Waals surface area (Å²) in [5.41, 5.74) is 8.43. The smallest absolute Gasteiger partial charge is 0.144 e. The van der Waals surface area contributed by atoms with Gasteiger partial charge in [-0.1, -0.05) is 12.1 Å². The van der Waals surface area contributed by atoms with Gasteiger partial charge in [-0.2, -0.15) is 5.26 Å². The lowest BCUT2D eigenvalue weighted by Gasteiger charge is -2.29. The van der Waals surface area contributed by atoms with Gasteiger partial charge >= 0.3 is 0 Å². The van der Waals surface area contributed by atoms with Gasteiger partial charge in [0, 0.05) is 18.2 Å². The van der Waals surface area contributed by atoms with Crippen LogP contribution in [0.3, 0.4) is 0 Å². The highest BCUT2D eigenvalue weighted by atomic mass is 19.1. The highest BCUT2D eigenvalue weighted by Gasteiger charge is 2.26. The number of aromatic nitrogens is 3. The Morgan fingerprint density at radius 2 is 2.12 bits per heavy atom. The fraction of sp³-hybridized carbons (Fsp3) is 0.316. The van der Waals surface area contributed by atoms with E-state index in [1.165, 1.54) is 6.07 Å². The maximum atomic E-state index is 14.4. The summed E-state index contributed by atoms with van der Waals surface area (Å²) in [4.78, 5) is 8.73. The highest BCUT2D eigenvalue weighted by molar-refractivity contribution is 5.81. The van der Waals surface area contributed by atoms with Crippen molar-refractivity contribution in [1.29, 1.82) is 5.26 Å². The summed E-state index contributed by atoms with van der Waals surface area (Å²) in [7, 11) is 0. The second kappa shape index (κ2) is 6.26. The van der Waals surface area contributed by atoms with E-state index in [1.54, 1.807) is 30.5 Å². The van der Waals surface area contributed by atoms with Crippen molar-refractivity contribution >= 4 is 11.0 Å². The third-order valence-electron chi connectivity index (χ3n) is 4.86. The molecule has 1 aliphatic carbocycles. The van der Waals surface area contributed by atoms with Crippen molar-refractivity contribution < 1.29 is 4.39 Å². The molecule has 4 rings (SSSR count). The molecule has 1 fully saturated rings. The third kappa shape index (κ3) is 2.77. The van der Waals surface area contributed by atoms with Crippen molar-refractivity contribution in [3.05, 3.63) is 48.0 Å². The Morgan fingerprint density at radius 3 is 2.88 bits per heavy atom. The predicted octanol–water partition coefficient (Wildman–Crippen LogP) is 3.55. The van der Waals surface area contributed by atoms with E-state index in [9.17, 15) is 9.65 Å². The van der Waals surface area contributed by atoms with Gasteiger partial charge in [-0.15, -0.1) is 0 Å². The highest BCUT2D eigenvalue weighted by Crippen LogP contribution is 2.36. The van der Waals surface area contributed by atoms with Crippen LogP contribution >= 0.6 is 0 Å². The van der Waals surface area contributed by atoms with Gasteiger partial charge in [-0.05, 0) is 37.8 Å². The summed E-state index contributed by atoms with van der Waals surface area (Å²) < 4.78 is 16.5. The summed E-state index contributed by atoms with van der Waals surface area (Å²) in [5.74, 6) is 0.261. The fourth-order valence-corrected chi connectivity index (χ4v) is 3.70. The van der Waals surface area contributed by atoms with Crippen molar-refractivity contribution in [2.45, 2.75) is 37.8 Å². The number of benzene rings is 1. The van der Waals surface area contributed by atoms with Gasteiger partial charge in [-0.3, -0.25) is 0 Å². The lowest BCUT2D eigenvalue weighted by atomic mass is 9.91. The van der Waals surface area contributed by atoms with E-state index in [-0.39, 0.29) is 17.9 Å². The maximum absolute atomic E-state index is 14.4. The van der Waals surface area contributed by atoms with E-state index in [0.717, 1.165) is 31.2 Å². The fourth-order valence-electron chi connectivity index (χ4n) is 3.70. The Balaban J connectivity index is 1.97. The summed E-state index contributed by atoms with van der Waals surface area (Å²) >= 11 is 0. The topological polar surface area (TPSA) is 80.5 Å². The van der Waals surface area contributed by atoms with E-state index < -0.39 is 0 Å². The number of nitrogens with two attached hydrogens (primary N) is 1. The monoisotopic (exact) mass is 335 g/mol. The molecule has 0 aliphatic heterocycles. The molecule has 0 amide bonds. The van der Waals surface area contributed by atoms with E-state index in [1.807, 2.05) is 0 Å². The zero-order chi connectivity index (χ0) is 17.4. The molecule has 1 saturated carbocycles. The Hall–Kier alpha value is -2.78. The van der Waals surface area contributed by atoms with Gasteiger partial charge in [0.1, 0.15) is 28.9 Å². The summed E-state index contributed by atoms with van der Waals surface area (Å²) in [6.07, 6.45) is 5.39. The van der Waals surface area contributed by atoms with Crippen LogP contribution in [0.15, 0.2) is 36.5 Å². The molecule has 0 spiro atoms. The average molecular weight is 335 g/mol. The van der Waals surface area contributed by atoms with E-state index in [0.29, 0.717) is 22.6 Å². The van der Waals surface area contributed by atoms with Gasteiger partial charge < -0.3 is 10.3 Å². The number of nitriles is 1. The lowest BCUT2D eigenvalue weighted by molar-refractivity contribution is 0.327. The van der Waals surface area contributed by atoms with Gasteiger partial charge in [0.2, 0.25) is 0 Å². The Morgan fingerprint density at radius 1 is 1.28 bits per heavy atom. The summed E-state index contributed by atoms with van der Waals surface area (Å²) in [5, 5.41) is 9.19. The maximum Gasteiger partial charge on any atom is 0.144 e. The molecule has 126 valence electrons. The van der Waals surface area contributed by atoms with Crippen LogP contribution in [0.1, 0.15) is 37.4 Å². The number of rotatable bonds is 2. The van der Waals surface area contributed by atoms with E-state index in [2.05, 4.69) is 20.6 Å². The molecule has 0 unspecified atom stereocenters. The number of hydrogen-bond donors (Lipinski definition) is 1. The first-order valence-electron chi connectivity index (χ1n) is 8.46. The molecule has 1 aromatic carbocycles. The SMILES string of the molecule is N#Cc1cc2c(cn1)nc(-c1ccccc1F)n2[C@@H]1CCC[C@H](N)C1.